The average Bonchev–Trinajstić information content (AvgIpc) is 2.79. The number of benzene rings is 3. The maximum atomic E-state index is 12.9. The first kappa shape index (κ1) is 22.0. The second kappa shape index (κ2) is 10.4. The molecule has 1 amide bonds. The first-order valence-electron chi connectivity index (χ1n) is 10.0. The molecule has 0 heterocycles. The van der Waals surface area contributed by atoms with Crippen molar-refractivity contribution in [1.29, 1.82) is 0 Å². The molecule has 0 aliphatic rings. The molecule has 6 nitrogen and oxygen atoms in total. The van der Waals surface area contributed by atoms with E-state index < -0.39 is 0 Å². The Balaban J connectivity index is 1.83. The number of para-hydroxylation sites is 1. The highest BCUT2D eigenvalue weighted by Crippen LogP contribution is 2.30. The predicted octanol–water partition coefficient (Wildman–Crippen LogP) is 5.24. The third-order valence-corrected chi connectivity index (χ3v) is 4.75. The van der Waals surface area contributed by atoms with Gasteiger partial charge in [-0.05, 0) is 55.8 Å². The lowest BCUT2D eigenvalue weighted by atomic mass is 10.1. The molecule has 0 aliphatic carbocycles. The standard InChI is InChI=1S/C25H27NO5/c1-5-30-23-12-10-18(14-19(23)16-31-22-9-7-6-8-17(22)2)25(27)26-21-15-20(28-3)11-13-24(21)29-4/h6-15H,5,16H2,1-4H3,(H,26,27). The fourth-order valence-corrected chi connectivity index (χ4v) is 3.11. The van der Waals surface area contributed by atoms with Crippen molar-refractivity contribution < 1.29 is 23.7 Å². The highest BCUT2D eigenvalue weighted by molar-refractivity contribution is 6.05. The van der Waals surface area contributed by atoms with Gasteiger partial charge in [-0.15, -0.1) is 0 Å². The Kier molecular flexibility index (Phi) is 7.38. The topological polar surface area (TPSA) is 66.0 Å². The third-order valence-electron chi connectivity index (χ3n) is 4.75. The summed E-state index contributed by atoms with van der Waals surface area (Å²) in [4.78, 5) is 12.9. The molecule has 0 bridgehead atoms. The van der Waals surface area contributed by atoms with E-state index in [1.807, 2.05) is 38.1 Å². The van der Waals surface area contributed by atoms with Gasteiger partial charge in [0.05, 0.1) is 26.5 Å². The number of anilines is 1. The number of rotatable bonds is 9. The van der Waals surface area contributed by atoms with Crippen LogP contribution in [-0.4, -0.2) is 26.7 Å². The van der Waals surface area contributed by atoms with Crippen LogP contribution < -0.4 is 24.3 Å². The molecule has 31 heavy (non-hydrogen) atoms. The maximum Gasteiger partial charge on any atom is 0.255 e. The minimum atomic E-state index is -0.272. The van der Waals surface area contributed by atoms with E-state index in [1.165, 1.54) is 0 Å². The lowest BCUT2D eigenvalue weighted by Gasteiger charge is -2.15. The molecule has 0 saturated carbocycles. The molecule has 1 N–H and O–H groups in total. The van der Waals surface area contributed by atoms with E-state index in [-0.39, 0.29) is 12.5 Å². The zero-order chi connectivity index (χ0) is 22.2. The van der Waals surface area contributed by atoms with Gasteiger partial charge in [-0.25, -0.2) is 0 Å². The second-order valence-corrected chi connectivity index (χ2v) is 6.83. The molecule has 3 aromatic rings. The van der Waals surface area contributed by atoms with Crippen molar-refractivity contribution in [3.8, 4) is 23.0 Å². The van der Waals surface area contributed by atoms with Crippen molar-refractivity contribution in [2.24, 2.45) is 0 Å². The number of amides is 1. The smallest absolute Gasteiger partial charge is 0.255 e. The Bertz CT molecular complexity index is 1050. The summed E-state index contributed by atoms with van der Waals surface area (Å²) in [7, 11) is 3.12. The minimum Gasteiger partial charge on any atom is -0.497 e. The number of carbonyl (C=O) groups is 1. The van der Waals surface area contributed by atoms with Crippen molar-refractivity contribution in [3.05, 3.63) is 77.4 Å². The Hall–Kier alpha value is -3.67. The number of hydrogen-bond acceptors (Lipinski definition) is 5. The largest absolute Gasteiger partial charge is 0.497 e. The van der Waals surface area contributed by atoms with E-state index in [4.69, 9.17) is 18.9 Å². The van der Waals surface area contributed by atoms with Gasteiger partial charge in [0.15, 0.2) is 0 Å². The molecule has 0 unspecified atom stereocenters. The summed E-state index contributed by atoms with van der Waals surface area (Å²) in [6, 6.07) is 18.3. The molecule has 0 fully saturated rings. The van der Waals surface area contributed by atoms with Crippen LogP contribution >= 0.6 is 0 Å². The van der Waals surface area contributed by atoms with Crippen LogP contribution in [0.25, 0.3) is 0 Å². The van der Waals surface area contributed by atoms with Gasteiger partial charge in [0.1, 0.15) is 29.6 Å². The Labute approximate surface area is 182 Å². The summed E-state index contributed by atoms with van der Waals surface area (Å²) < 4.78 is 22.3. The maximum absolute atomic E-state index is 12.9. The van der Waals surface area contributed by atoms with Gasteiger partial charge >= 0.3 is 0 Å². The van der Waals surface area contributed by atoms with E-state index in [1.54, 1.807) is 50.6 Å². The number of ether oxygens (including phenoxy) is 4. The summed E-state index contributed by atoms with van der Waals surface area (Å²) in [5.74, 6) is 2.37. The molecule has 3 rings (SSSR count). The second-order valence-electron chi connectivity index (χ2n) is 6.83. The van der Waals surface area contributed by atoms with Crippen molar-refractivity contribution in [3.63, 3.8) is 0 Å². The Morgan fingerprint density at radius 3 is 2.35 bits per heavy atom. The monoisotopic (exact) mass is 421 g/mol. The molecule has 0 radical (unpaired) electrons. The number of carbonyl (C=O) groups excluding carboxylic acids is 1. The molecular formula is C25H27NO5. The highest BCUT2D eigenvalue weighted by atomic mass is 16.5. The fraction of sp³-hybridized carbons (Fsp3) is 0.240. The molecular weight excluding hydrogens is 394 g/mol. The predicted molar refractivity (Wildman–Crippen MR) is 121 cm³/mol. The molecule has 0 aromatic heterocycles. The van der Waals surface area contributed by atoms with E-state index in [2.05, 4.69) is 5.32 Å². The molecule has 162 valence electrons. The number of methoxy groups -OCH3 is 2. The molecule has 3 aromatic carbocycles. The normalized spacial score (nSPS) is 10.3. The van der Waals surface area contributed by atoms with E-state index in [9.17, 15) is 4.79 Å². The summed E-state index contributed by atoms with van der Waals surface area (Å²) in [6.07, 6.45) is 0. The zero-order valence-corrected chi connectivity index (χ0v) is 18.2. The lowest BCUT2D eigenvalue weighted by Crippen LogP contribution is -2.14. The zero-order valence-electron chi connectivity index (χ0n) is 18.2. The fourth-order valence-electron chi connectivity index (χ4n) is 3.11. The number of hydrogen-bond donors (Lipinski definition) is 1. The highest BCUT2D eigenvalue weighted by Gasteiger charge is 2.14. The van der Waals surface area contributed by atoms with Gasteiger partial charge in [0.2, 0.25) is 0 Å². The molecule has 0 saturated heterocycles. The van der Waals surface area contributed by atoms with Crippen LogP contribution in [0.15, 0.2) is 60.7 Å². The van der Waals surface area contributed by atoms with Crippen LogP contribution in [0.5, 0.6) is 23.0 Å². The van der Waals surface area contributed by atoms with Gasteiger partial charge in [-0.3, -0.25) is 4.79 Å². The van der Waals surface area contributed by atoms with Crippen molar-refractivity contribution in [2.45, 2.75) is 20.5 Å². The lowest BCUT2D eigenvalue weighted by molar-refractivity contribution is 0.102. The number of aryl methyl sites for hydroxylation is 1. The molecule has 0 atom stereocenters. The van der Waals surface area contributed by atoms with Gasteiger partial charge in [0, 0.05) is 17.2 Å². The van der Waals surface area contributed by atoms with Crippen LogP contribution in [0.2, 0.25) is 0 Å². The van der Waals surface area contributed by atoms with Crippen molar-refractivity contribution in [2.75, 3.05) is 26.1 Å². The first-order valence-corrected chi connectivity index (χ1v) is 10.0. The van der Waals surface area contributed by atoms with E-state index in [0.717, 1.165) is 16.9 Å². The van der Waals surface area contributed by atoms with Crippen molar-refractivity contribution in [1.82, 2.24) is 0 Å². The SMILES string of the molecule is CCOc1ccc(C(=O)Nc2cc(OC)ccc2OC)cc1COc1ccccc1C. The van der Waals surface area contributed by atoms with E-state index >= 15 is 0 Å². The average molecular weight is 421 g/mol. The van der Waals surface area contributed by atoms with Gasteiger partial charge in [-0.2, -0.15) is 0 Å². The molecule has 0 aliphatic heterocycles. The van der Waals surface area contributed by atoms with Gasteiger partial charge in [0.25, 0.3) is 5.91 Å². The molecule has 6 heteroatoms. The summed E-state index contributed by atoms with van der Waals surface area (Å²) in [5, 5.41) is 2.89. The van der Waals surface area contributed by atoms with Crippen LogP contribution in [0.1, 0.15) is 28.4 Å². The third kappa shape index (κ3) is 5.48. The Morgan fingerprint density at radius 1 is 0.871 bits per heavy atom. The first-order chi connectivity index (χ1) is 15.0. The van der Waals surface area contributed by atoms with Gasteiger partial charge < -0.3 is 24.3 Å². The summed E-state index contributed by atoms with van der Waals surface area (Å²) in [5.41, 5.74) is 2.84. The van der Waals surface area contributed by atoms with Crippen LogP contribution in [-0.2, 0) is 6.61 Å². The van der Waals surface area contributed by atoms with Crippen molar-refractivity contribution >= 4 is 11.6 Å². The van der Waals surface area contributed by atoms with Crippen LogP contribution in [0, 0.1) is 6.92 Å². The number of nitrogens with one attached hydrogen (secondary N) is 1. The van der Waals surface area contributed by atoms with Crippen LogP contribution in [0.4, 0.5) is 5.69 Å². The summed E-state index contributed by atoms with van der Waals surface area (Å²) in [6.45, 7) is 4.71. The van der Waals surface area contributed by atoms with Crippen LogP contribution in [0.3, 0.4) is 0 Å². The quantitative estimate of drug-likeness (QED) is 0.512. The summed E-state index contributed by atoms with van der Waals surface area (Å²) >= 11 is 0. The molecule has 0 spiro atoms. The minimum absolute atomic E-state index is 0.272. The van der Waals surface area contributed by atoms with E-state index in [0.29, 0.717) is 35.1 Å². The van der Waals surface area contributed by atoms with Gasteiger partial charge in [-0.1, -0.05) is 18.2 Å². The Morgan fingerprint density at radius 2 is 1.65 bits per heavy atom.